The Morgan fingerprint density at radius 1 is 0.395 bits per heavy atom. The standard InChI is InChI=1S/C40H25N3/c1-3-19-34-30(15-1)31-16-2-4-20-35(31)40-39(34)41-25-36(42-40)28-13-9-11-26(23-28)27-12-10-14-29(24-27)43-37-21-7-5-17-32(37)33-18-6-8-22-38(33)43/h1-25H. The van der Waals surface area contributed by atoms with Gasteiger partial charge >= 0.3 is 0 Å². The van der Waals surface area contributed by atoms with E-state index >= 15 is 0 Å². The largest absolute Gasteiger partial charge is 0.309 e. The zero-order valence-electron chi connectivity index (χ0n) is 23.3. The van der Waals surface area contributed by atoms with Gasteiger partial charge in [-0.05, 0) is 52.2 Å². The molecule has 0 aliphatic carbocycles. The number of rotatable bonds is 3. The minimum absolute atomic E-state index is 0.869. The molecule has 2 heterocycles. The molecule has 0 spiro atoms. The second-order valence-corrected chi connectivity index (χ2v) is 11.0. The Hall–Kier alpha value is -5.80. The van der Waals surface area contributed by atoms with Crippen LogP contribution in [0.2, 0.25) is 0 Å². The number of aromatic nitrogens is 3. The van der Waals surface area contributed by atoms with Crippen LogP contribution in [0.25, 0.3) is 82.5 Å². The summed E-state index contributed by atoms with van der Waals surface area (Å²) in [6, 6.07) is 51.7. The van der Waals surface area contributed by atoms with E-state index in [1.165, 1.54) is 32.6 Å². The number of hydrogen-bond donors (Lipinski definition) is 0. The lowest BCUT2D eigenvalue weighted by molar-refractivity contribution is 1.18. The SMILES string of the molecule is c1cc(-c2cccc(-n3c4ccccc4c4ccccc43)c2)cc(-c2cnc3c4ccccc4c4ccccc4c3n2)c1. The van der Waals surface area contributed by atoms with Crippen molar-refractivity contribution in [3.63, 3.8) is 0 Å². The first kappa shape index (κ1) is 23.9. The van der Waals surface area contributed by atoms with Crippen LogP contribution >= 0.6 is 0 Å². The number of para-hydroxylation sites is 2. The van der Waals surface area contributed by atoms with Crippen LogP contribution in [0.1, 0.15) is 0 Å². The van der Waals surface area contributed by atoms with Crippen LogP contribution in [-0.4, -0.2) is 14.5 Å². The first-order chi connectivity index (χ1) is 21.3. The van der Waals surface area contributed by atoms with Crippen molar-refractivity contribution in [2.24, 2.45) is 0 Å². The van der Waals surface area contributed by atoms with Gasteiger partial charge in [0.25, 0.3) is 0 Å². The molecule has 0 unspecified atom stereocenters. The highest BCUT2D eigenvalue weighted by molar-refractivity contribution is 6.23. The zero-order chi connectivity index (χ0) is 28.3. The molecule has 2 aromatic heterocycles. The molecule has 0 N–H and O–H groups in total. The van der Waals surface area contributed by atoms with Gasteiger partial charge in [0, 0.05) is 32.8 Å². The zero-order valence-corrected chi connectivity index (χ0v) is 23.3. The molecule has 0 aliphatic rings. The highest BCUT2D eigenvalue weighted by Crippen LogP contribution is 2.36. The first-order valence-electron chi connectivity index (χ1n) is 14.6. The monoisotopic (exact) mass is 547 g/mol. The predicted octanol–water partition coefficient (Wildman–Crippen LogP) is 10.4. The van der Waals surface area contributed by atoms with E-state index in [1.807, 2.05) is 6.20 Å². The third-order valence-corrected chi connectivity index (χ3v) is 8.60. The van der Waals surface area contributed by atoms with E-state index in [0.29, 0.717) is 0 Å². The van der Waals surface area contributed by atoms with Gasteiger partial charge in [-0.1, -0.05) is 115 Å². The second-order valence-electron chi connectivity index (χ2n) is 11.0. The quantitative estimate of drug-likeness (QED) is 0.206. The molecule has 0 saturated carbocycles. The van der Waals surface area contributed by atoms with Gasteiger partial charge in [0.2, 0.25) is 0 Å². The Balaban J connectivity index is 1.19. The number of fused-ring (bicyclic) bond motifs is 9. The van der Waals surface area contributed by atoms with Gasteiger partial charge in [-0.3, -0.25) is 4.98 Å². The summed E-state index contributed by atoms with van der Waals surface area (Å²) in [6.07, 6.45) is 1.91. The van der Waals surface area contributed by atoms with Crippen molar-refractivity contribution in [1.29, 1.82) is 0 Å². The lowest BCUT2D eigenvalue weighted by atomic mass is 9.99. The maximum atomic E-state index is 5.22. The summed E-state index contributed by atoms with van der Waals surface area (Å²) in [6.45, 7) is 0. The van der Waals surface area contributed by atoms with E-state index in [9.17, 15) is 0 Å². The Morgan fingerprint density at radius 2 is 0.907 bits per heavy atom. The van der Waals surface area contributed by atoms with Crippen LogP contribution in [0.4, 0.5) is 0 Å². The van der Waals surface area contributed by atoms with Crippen molar-refractivity contribution in [3.05, 3.63) is 152 Å². The van der Waals surface area contributed by atoms with Crippen molar-refractivity contribution in [2.45, 2.75) is 0 Å². The fourth-order valence-electron chi connectivity index (χ4n) is 6.65. The molecular formula is C40H25N3. The third-order valence-electron chi connectivity index (χ3n) is 8.60. The normalized spacial score (nSPS) is 11.7. The molecule has 0 fully saturated rings. The van der Waals surface area contributed by atoms with Gasteiger partial charge in [-0.25, -0.2) is 4.98 Å². The Morgan fingerprint density at radius 3 is 1.58 bits per heavy atom. The average Bonchev–Trinajstić information content (AvgIpc) is 3.43. The molecule has 43 heavy (non-hydrogen) atoms. The highest BCUT2D eigenvalue weighted by Gasteiger charge is 2.14. The molecule has 0 aliphatic heterocycles. The van der Waals surface area contributed by atoms with Crippen molar-refractivity contribution in [2.75, 3.05) is 0 Å². The molecule has 0 radical (unpaired) electrons. The summed E-state index contributed by atoms with van der Waals surface area (Å²) in [5.41, 5.74) is 9.65. The summed E-state index contributed by atoms with van der Waals surface area (Å²) in [7, 11) is 0. The van der Waals surface area contributed by atoms with Gasteiger partial charge in [-0.2, -0.15) is 0 Å². The fraction of sp³-hybridized carbons (Fsp3) is 0. The van der Waals surface area contributed by atoms with E-state index in [1.54, 1.807) is 0 Å². The molecule has 0 saturated heterocycles. The smallest absolute Gasteiger partial charge is 0.0979 e. The molecule has 0 bridgehead atoms. The molecule has 0 amide bonds. The van der Waals surface area contributed by atoms with Crippen molar-refractivity contribution < 1.29 is 0 Å². The minimum atomic E-state index is 0.869. The molecule has 3 heteroatoms. The number of nitrogens with zero attached hydrogens (tertiary/aromatic N) is 3. The van der Waals surface area contributed by atoms with Crippen LogP contribution in [-0.2, 0) is 0 Å². The van der Waals surface area contributed by atoms with Gasteiger partial charge in [0.15, 0.2) is 0 Å². The summed E-state index contributed by atoms with van der Waals surface area (Å²) < 4.78 is 2.36. The van der Waals surface area contributed by atoms with E-state index in [-0.39, 0.29) is 0 Å². The molecule has 7 aromatic carbocycles. The molecule has 0 atom stereocenters. The maximum Gasteiger partial charge on any atom is 0.0979 e. The maximum absolute atomic E-state index is 5.22. The lowest BCUT2D eigenvalue weighted by Crippen LogP contribution is -1.94. The van der Waals surface area contributed by atoms with Crippen LogP contribution < -0.4 is 0 Å². The Bertz CT molecular complexity index is 2430. The summed E-state index contributed by atoms with van der Waals surface area (Å²) >= 11 is 0. The predicted molar refractivity (Wildman–Crippen MR) is 180 cm³/mol. The summed E-state index contributed by atoms with van der Waals surface area (Å²) in [4.78, 5) is 10.2. The summed E-state index contributed by atoms with van der Waals surface area (Å²) in [5.74, 6) is 0. The Kier molecular flexibility index (Phi) is 5.20. The highest BCUT2D eigenvalue weighted by atomic mass is 15.0. The van der Waals surface area contributed by atoms with Crippen molar-refractivity contribution in [3.8, 4) is 28.1 Å². The van der Waals surface area contributed by atoms with Crippen LogP contribution in [0.15, 0.2) is 152 Å². The number of hydrogen-bond acceptors (Lipinski definition) is 2. The third kappa shape index (κ3) is 3.68. The van der Waals surface area contributed by atoms with E-state index < -0.39 is 0 Å². The van der Waals surface area contributed by atoms with Gasteiger partial charge in [0.05, 0.1) is 34.0 Å². The molecule has 200 valence electrons. The summed E-state index contributed by atoms with van der Waals surface area (Å²) in [5, 5.41) is 7.19. The second kappa shape index (κ2) is 9.37. The first-order valence-corrected chi connectivity index (χ1v) is 14.6. The van der Waals surface area contributed by atoms with Gasteiger partial charge < -0.3 is 4.57 Å². The van der Waals surface area contributed by atoms with Crippen LogP contribution in [0.5, 0.6) is 0 Å². The average molecular weight is 548 g/mol. The Labute approximate surface area is 248 Å². The topological polar surface area (TPSA) is 30.7 Å². The van der Waals surface area contributed by atoms with Crippen LogP contribution in [0.3, 0.4) is 0 Å². The van der Waals surface area contributed by atoms with Crippen molar-refractivity contribution >= 4 is 54.4 Å². The lowest BCUT2D eigenvalue weighted by Gasteiger charge is -2.12. The number of benzene rings is 7. The molecule has 9 rings (SSSR count). The molecule has 3 nitrogen and oxygen atoms in total. The van der Waals surface area contributed by atoms with E-state index in [4.69, 9.17) is 9.97 Å². The van der Waals surface area contributed by atoms with Crippen molar-refractivity contribution in [1.82, 2.24) is 14.5 Å². The van der Waals surface area contributed by atoms with Gasteiger partial charge in [-0.15, -0.1) is 0 Å². The minimum Gasteiger partial charge on any atom is -0.309 e. The van der Waals surface area contributed by atoms with Crippen LogP contribution in [0, 0.1) is 0 Å². The fourth-order valence-corrected chi connectivity index (χ4v) is 6.65. The van der Waals surface area contributed by atoms with Gasteiger partial charge in [0.1, 0.15) is 0 Å². The van der Waals surface area contributed by atoms with E-state index in [2.05, 4.69) is 150 Å². The molecule has 9 aromatic rings. The van der Waals surface area contributed by atoms with E-state index in [0.717, 1.165) is 49.9 Å². The molecular weight excluding hydrogens is 522 g/mol.